The van der Waals surface area contributed by atoms with Crippen molar-refractivity contribution in [3.8, 4) is 17.6 Å². The zero-order chi connectivity index (χ0) is 14.4. The van der Waals surface area contributed by atoms with Gasteiger partial charge in [0.05, 0.1) is 16.6 Å². The Labute approximate surface area is 128 Å². The number of ether oxygens (including phenoxy) is 1. The molecular formula is C16H13Cl2NO. The number of hydrogen-bond acceptors (Lipinski definition) is 2. The molecule has 0 spiro atoms. The Morgan fingerprint density at radius 3 is 2.50 bits per heavy atom. The molecule has 0 bridgehead atoms. The summed E-state index contributed by atoms with van der Waals surface area (Å²) in [6.45, 7) is 0.721. The molecule has 0 aliphatic heterocycles. The molecule has 0 radical (unpaired) electrons. The van der Waals surface area contributed by atoms with Crippen LogP contribution in [0.15, 0.2) is 42.5 Å². The first kappa shape index (κ1) is 14.7. The fraction of sp³-hybridized carbons (Fsp3) is 0.125. The number of nitrogens with two attached hydrogens (primary N) is 1. The van der Waals surface area contributed by atoms with Crippen molar-refractivity contribution in [3.05, 3.63) is 63.6 Å². The van der Waals surface area contributed by atoms with Gasteiger partial charge in [0.2, 0.25) is 0 Å². The van der Waals surface area contributed by atoms with Crippen molar-refractivity contribution in [3.63, 3.8) is 0 Å². The molecule has 2 aromatic rings. The maximum absolute atomic E-state index is 6.10. The summed E-state index contributed by atoms with van der Waals surface area (Å²) >= 11 is 12.1. The molecule has 0 amide bonds. The monoisotopic (exact) mass is 305 g/mol. The van der Waals surface area contributed by atoms with Crippen molar-refractivity contribution < 1.29 is 4.74 Å². The minimum absolute atomic E-state index is 0.353. The molecule has 2 aromatic carbocycles. The Morgan fingerprint density at radius 1 is 1.05 bits per heavy atom. The minimum atomic E-state index is 0.353. The topological polar surface area (TPSA) is 35.2 Å². The zero-order valence-electron chi connectivity index (χ0n) is 10.7. The van der Waals surface area contributed by atoms with Crippen LogP contribution in [0.25, 0.3) is 0 Å². The van der Waals surface area contributed by atoms with Crippen LogP contribution in [-0.2, 0) is 6.61 Å². The lowest BCUT2D eigenvalue weighted by Crippen LogP contribution is -1.96. The molecule has 4 heteroatoms. The molecule has 0 aliphatic rings. The second-order valence-electron chi connectivity index (χ2n) is 4.03. The zero-order valence-corrected chi connectivity index (χ0v) is 12.2. The molecular weight excluding hydrogens is 293 g/mol. The lowest BCUT2D eigenvalue weighted by Gasteiger charge is -2.08. The Morgan fingerprint density at radius 2 is 1.80 bits per heavy atom. The maximum atomic E-state index is 6.10. The third kappa shape index (κ3) is 3.91. The van der Waals surface area contributed by atoms with Gasteiger partial charge in [0.1, 0.15) is 12.4 Å². The number of benzene rings is 2. The van der Waals surface area contributed by atoms with Gasteiger partial charge in [0, 0.05) is 11.1 Å². The van der Waals surface area contributed by atoms with Crippen molar-refractivity contribution in [2.45, 2.75) is 6.61 Å². The van der Waals surface area contributed by atoms with Crippen molar-refractivity contribution in [2.75, 3.05) is 6.54 Å². The van der Waals surface area contributed by atoms with Gasteiger partial charge in [-0.05, 0) is 30.3 Å². The van der Waals surface area contributed by atoms with Gasteiger partial charge < -0.3 is 10.5 Å². The molecule has 0 aromatic heterocycles. The third-order valence-corrected chi connectivity index (χ3v) is 3.47. The molecule has 0 unspecified atom stereocenters. The van der Waals surface area contributed by atoms with Crippen LogP contribution in [0.1, 0.15) is 11.1 Å². The van der Waals surface area contributed by atoms with Crippen molar-refractivity contribution >= 4 is 23.2 Å². The van der Waals surface area contributed by atoms with Gasteiger partial charge in [-0.15, -0.1) is 0 Å². The SMILES string of the molecule is NCC#Cc1ccc(OCc2cccc(Cl)c2Cl)cc1. The van der Waals surface area contributed by atoms with E-state index in [1.807, 2.05) is 36.4 Å². The average molecular weight is 306 g/mol. The molecule has 2 nitrogen and oxygen atoms in total. The highest BCUT2D eigenvalue weighted by atomic mass is 35.5. The van der Waals surface area contributed by atoms with Gasteiger partial charge in [0.15, 0.2) is 0 Å². The van der Waals surface area contributed by atoms with E-state index in [2.05, 4.69) is 11.8 Å². The lowest BCUT2D eigenvalue weighted by molar-refractivity contribution is 0.306. The Bertz CT molecular complexity index is 642. The Kier molecular flexibility index (Phi) is 5.31. The maximum Gasteiger partial charge on any atom is 0.119 e. The summed E-state index contributed by atoms with van der Waals surface area (Å²) in [5.41, 5.74) is 7.08. The number of hydrogen-bond donors (Lipinski definition) is 1. The predicted octanol–water partition coefficient (Wildman–Crippen LogP) is 3.88. The molecule has 0 atom stereocenters. The molecule has 0 saturated carbocycles. The first-order valence-corrected chi connectivity index (χ1v) is 6.81. The van der Waals surface area contributed by atoms with E-state index in [4.69, 9.17) is 33.7 Å². The molecule has 2 rings (SSSR count). The van der Waals surface area contributed by atoms with Crippen LogP contribution >= 0.6 is 23.2 Å². The van der Waals surface area contributed by atoms with Crippen LogP contribution in [0.4, 0.5) is 0 Å². The summed E-state index contributed by atoms with van der Waals surface area (Å²) in [5, 5.41) is 1.06. The highest BCUT2D eigenvalue weighted by Gasteiger charge is 2.04. The van der Waals surface area contributed by atoms with Gasteiger partial charge in [-0.3, -0.25) is 0 Å². The van der Waals surface area contributed by atoms with Crippen LogP contribution in [0.3, 0.4) is 0 Å². The predicted molar refractivity (Wildman–Crippen MR) is 83.2 cm³/mol. The number of rotatable bonds is 3. The van der Waals surface area contributed by atoms with Gasteiger partial charge in [0.25, 0.3) is 0 Å². The fourth-order valence-corrected chi connectivity index (χ4v) is 1.98. The summed E-state index contributed by atoms with van der Waals surface area (Å²) in [7, 11) is 0. The van der Waals surface area contributed by atoms with Crippen molar-refractivity contribution in [1.82, 2.24) is 0 Å². The van der Waals surface area contributed by atoms with Crippen LogP contribution in [0.2, 0.25) is 10.0 Å². The Hall–Kier alpha value is -1.66. The number of halogens is 2. The van der Waals surface area contributed by atoms with Gasteiger partial charge in [-0.25, -0.2) is 0 Å². The first-order valence-electron chi connectivity index (χ1n) is 6.05. The van der Waals surface area contributed by atoms with E-state index in [1.165, 1.54) is 0 Å². The normalized spacial score (nSPS) is 9.75. The van der Waals surface area contributed by atoms with E-state index in [0.29, 0.717) is 23.2 Å². The minimum Gasteiger partial charge on any atom is -0.489 e. The fourth-order valence-electron chi connectivity index (χ4n) is 1.61. The summed E-state index contributed by atoms with van der Waals surface area (Å²) in [5.74, 6) is 6.50. The van der Waals surface area contributed by atoms with E-state index >= 15 is 0 Å². The van der Waals surface area contributed by atoms with Crippen molar-refractivity contribution in [1.29, 1.82) is 0 Å². The molecule has 0 heterocycles. The van der Waals surface area contributed by atoms with E-state index in [9.17, 15) is 0 Å². The van der Waals surface area contributed by atoms with Gasteiger partial charge >= 0.3 is 0 Å². The second kappa shape index (κ2) is 7.21. The summed E-state index contributed by atoms with van der Waals surface area (Å²) in [6, 6.07) is 13.0. The van der Waals surface area contributed by atoms with E-state index in [1.54, 1.807) is 6.07 Å². The molecule has 102 valence electrons. The van der Waals surface area contributed by atoms with Crippen LogP contribution in [0, 0.1) is 11.8 Å². The van der Waals surface area contributed by atoms with E-state index < -0.39 is 0 Å². The molecule has 0 fully saturated rings. The average Bonchev–Trinajstić information content (AvgIpc) is 2.48. The summed E-state index contributed by atoms with van der Waals surface area (Å²) in [6.07, 6.45) is 0. The first-order chi connectivity index (χ1) is 9.70. The molecule has 20 heavy (non-hydrogen) atoms. The largest absolute Gasteiger partial charge is 0.489 e. The summed E-state index contributed by atoms with van der Waals surface area (Å²) < 4.78 is 5.67. The highest BCUT2D eigenvalue weighted by Crippen LogP contribution is 2.26. The van der Waals surface area contributed by atoms with E-state index in [-0.39, 0.29) is 0 Å². The molecule has 0 aliphatic carbocycles. The van der Waals surface area contributed by atoms with E-state index in [0.717, 1.165) is 16.9 Å². The lowest BCUT2D eigenvalue weighted by atomic mass is 10.2. The van der Waals surface area contributed by atoms with Crippen molar-refractivity contribution in [2.24, 2.45) is 5.73 Å². The highest BCUT2D eigenvalue weighted by molar-refractivity contribution is 6.42. The summed E-state index contributed by atoms with van der Waals surface area (Å²) in [4.78, 5) is 0. The third-order valence-electron chi connectivity index (χ3n) is 2.62. The van der Waals surface area contributed by atoms with Gasteiger partial charge in [-0.1, -0.05) is 47.2 Å². The standard InChI is InChI=1S/C16H13Cl2NO/c17-15-5-1-4-13(16(15)18)11-20-14-8-6-12(7-9-14)3-2-10-19/h1,4-9H,10-11,19H2. The quantitative estimate of drug-likeness (QED) is 0.873. The van der Waals surface area contributed by atoms with Crippen LogP contribution < -0.4 is 10.5 Å². The molecule has 2 N–H and O–H groups in total. The van der Waals surface area contributed by atoms with Crippen LogP contribution in [-0.4, -0.2) is 6.54 Å². The molecule has 0 saturated heterocycles. The van der Waals surface area contributed by atoms with Crippen LogP contribution in [0.5, 0.6) is 5.75 Å². The second-order valence-corrected chi connectivity index (χ2v) is 4.82. The smallest absolute Gasteiger partial charge is 0.119 e. The van der Waals surface area contributed by atoms with Gasteiger partial charge in [-0.2, -0.15) is 0 Å². The Balaban J connectivity index is 2.02.